The molecular weight excluding hydrogens is 1270 g/mol. The van der Waals surface area contributed by atoms with Crippen LogP contribution in [0.3, 0.4) is 0 Å². The largest absolute Gasteiger partial charge is 0.383 e. The number of rotatable bonds is 34. The third kappa shape index (κ3) is 15.5. The van der Waals surface area contributed by atoms with E-state index in [1.54, 1.807) is 15.6 Å². The van der Waals surface area contributed by atoms with Crippen molar-refractivity contribution < 1.29 is 67.5 Å². The number of aromatic nitrogens is 6. The van der Waals surface area contributed by atoms with Gasteiger partial charge in [0.25, 0.3) is 0 Å². The van der Waals surface area contributed by atoms with Gasteiger partial charge in [-0.15, -0.1) is 10.2 Å². The summed E-state index contributed by atoms with van der Waals surface area (Å²) in [6, 6.07) is 0. The minimum atomic E-state index is -1.24. The number of amides is 6. The fourth-order valence-electron chi connectivity index (χ4n) is 19.8. The number of ketones is 2. The third-order valence-electron chi connectivity index (χ3n) is 25.7. The molecule has 8 aliphatic rings. The molecule has 548 valence electrons. The van der Waals surface area contributed by atoms with Gasteiger partial charge in [-0.1, -0.05) is 49.3 Å². The Morgan fingerprint density at radius 3 is 1.28 bits per heavy atom. The first kappa shape index (κ1) is 75.3. The van der Waals surface area contributed by atoms with Crippen LogP contribution in [0.15, 0.2) is 35.7 Å². The number of fused-ring (bicyclic) bond motifs is 10. The molecule has 0 saturated heterocycles. The maximum atomic E-state index is 14.9. The summed E-state index contributed by atoms with van der Waals surface area (Å²) < 4.78 is 24.7. The molecule has 2 aromatic rings. The molecule has 2 heterocycles. The molecule has 12 atom stereocenters. The summed E-state index contributed by atoms with van der Waals surface area (Å²) in [5.74, 6) is -0.560. The molecule has 27 nitrogen and oxygen atoms in total. The van der Waals surface area contributed by atoms with Crippen molar-refractivity contribution in [1.82, 2.24) is 59.8 Å². The first-order valence-corrected chi connectivity index (χ1v) is 36.4. The highest BCUT2D eigenvalue weighted by Crippen LogP contribution is 2.71. The van der Waals surface area contributed by atoms with E-state index in [9.17, 15) is 48.6 Å². The molecule has 6 amide bonds. The number of primary amides is 1. The van der Waals surface area contributed by atoms with Gasteiger partial charge in [0.1, 0.15) is 22.6 Å². The summed E-state index contributed by atoms with van der Waals surface area (Å²) in [7, 11) is 5.86. The Morgan fingerprint density at radius 2 is 0.879 bits per heavy atom. The van der Waals surface area contributed by atoms with Gasteiger partial charge in [-0.25, -0.2) is 0 Å². The van der Waals surface area contributed by atoms with Crippen LogP contribution in [0.1, 0.15) is 155 Å². The number of nitrogens with one attached hydrogen (secondary N) is 1. The van der Waals surface area contributed by atoms with E-state index in [2.05, 4.69) is 53.6 Å². The van der Waals surface area contributed by atoms with Crippen LogP contribution in [0.2, 0.25) is 0 Å². The molecule has 5 N–H and O–H groups in total. The van der Waals surface area contributed by atoms with Gasteiger partial charge >= 0.3 is 0 Å². The predicted molar refractivity (Wildman–Crippen MR) is 363 cm³/mol. The van der Waals surface area contributed by atoms with Gasteiger partial charge < -0.3 is 64.7 Å². The Morgan fingerprint density at radius 1 is 0.505 bits per heavy atom. The summed E-state index contributed by atoms with van der Waals surface area (Å²) in [5, 5.41) is 46.8. The van der Waals surface area contributed by atoms with E-state index in [0.29, 0.717) is 86.2 Å². The standard InChI is InChI=1S/C72H111N13O14/c1-67-21-15-51(86)39-49(67)11-13-53-55(67)17-23-69(3)57(53)19-25-71(69,94)59-42-84(77-75-59)29-9-27-74-41-62(89)81(32-36-97-6)46-66(93)82(33-37-98-7)47-63(90)79(45-65(92)83(34-38-99-8)48-64(91)80(31-35-96-5)44-61(73)88)28-10-30-85-43-60(76-78-85)72(95)26-20-58-54-14-12-50-40-52(87)16-22-68(50,2)56(54)18-24-70(58,72)4/h39-40,42-43,53-58,74,94-95H,9-38,41,44-48H2,1-8H3,(H2,73,88)/t53-,54-,55+,56+,57+,58+,67+,68+,69+,70+,71-,72-/m1/s1. The molecule has 0 unspecified atom stereocenters. The number of nitrogens with zero attached hydrogens (tertiary/aromatic N) is 11. The highest BCUT2D eigenvalue weighted by atomic mass is 16.5. The quantitative estimate of drug-likeness (QED) is 0.0727. The molecule has 0 bridgehead atoms. The summed E-state index contributed by atoms with van der Waals surface area (Å²) in [4.78, 5) is 115. The van der Waals surface area contributed by atoms with Gasteiger partial charge in [0.15, 0.2) is 11.6 Å². The molecule has 0 radical (unpaired) electrons. The number of methoxy groups -OCH3 is 4. The second-order valence-corrected chi connectivity index (χ2v) is 30.8. The maximum Gasteiger partial charge on any atom is 0.242 e. The number of hydrogen-bond acceptors (Lipinski definition) is 19. The van der Waals surface area contributed by atoms with Crippen molar-refractivity contribution in [3.05, 3.63) is 47.1 Å². The number of hydrogen-bond donors (Lipinski definition) is 4. The zero-order valence-electron chi connectivity index (χ0n) is 60.0. The fourth-order valence-corrected chi connectivity index (χ4v) is 19.8. The highest BCUT2D eigenvalue weighted by Gasteiger charge is 2.67. The van der Waals surface area contributed by atoms with E-state index in [1.165, 1.54) is 64.1 Å². The zero-order valence-corrected chi connectivity index (χ0v) is 60.0. The highest BCUT2D eigenvalue weighted by molar-refractivity contribution is 5.93. The van der Waals surface area contributed by atoms with Crippen LogP contribution >= 0.6 is 0 Å². The van der Waals surface area contributed by atoms with E-state index in [1.807, 2.05) is 18.3 Å². The molecular formula is C72H111N13O14. The molecule has 2 aromatic heterocycles. The van der Waals surface area contributed by atoms with Crippen molar-refractivity contribution in [1.29, 1.82) is 0 Å². The summed E-state index contributed by atoms with van der Waals surface area (Å²) in [6.07, 6.45) is 21.7. The molecule has 27 heteroatoms. The molecule has 6 saturated carbocycles. The third-order valence-corrected chi connectivity index (χ3v) is 25.7. The Labute approximate surface area is 582 Å². The van der Waals surface area contributed by atoms with Crippen LogP contribution in [0, 0.1) is 57.2 Å². The average Bonchev–Trinajstić information content (AvgIpc) is 1.63. The van der Waals surface area contributed by atoms with E-state index in [-0.39, 0.29) is 118 Å². The normalized spacial score (nSPS) is 30.6. The molecule has 0 aromatic carbocycles. The van der Waals surface area contributed by atoms with Gasteiger partial charge in [-0.05, 0) is 168 Å². The molecule has 8 aliphatic carbocycles. The van der Waals surface area contributed by atoms with Crippen molar-refractivity contribution in [3.63, 3.8) is 0 Å². The SMILES string of the molecule is COCCN(CC(N)=O)C(=O)CN(CCOC)C(=O)CN(CCCn1cc([C@]2(O)CC[C@H]3[C@@H]4CCC5=CC(=O)CC[C@]5(C)[C@H]4CC[C@@]32C)nn1)C(=O)CN(CCOC)C(=O)CN(CCOC)C(=O)CNCCCn1cc([C@]2(O)CC[C@H]3[C@@H]4CCC5=CC(=O)CC[C@]5(C)[C@H]4CC[C@@]32C)nn1. The fraction of sp³-hybridized carbons (Fsp3) is 0.778. The number of aryl methyl sites for hydroxylation is 2. The first-order valence-electron chi connectivity index (χ1n) is 36.4. The van der Waals surface area contributed by atoms with Crippen LogP contribution in [0.5, 0.6) is 0 Å². The Hall–Kier alpha value is -6.36. The van der Waals surface area contributed by atoms with Gasteiger partial charge in [-0.2, -0.15) is 0 Å². The molecule has 6 fully saturated rings. The number of allylic oxidation sites excluding steroid dienone is 2. The van der Waals surface area contributed by atoms with Crippen LogP contribution in [-0.2, 0) is 81.6 Å². The van der Waals surface area contributed by atoms with Gasteiger partial charge in [-0.3, -0.25) is 47.7 Å². The van der Waals surface area contributed by atoms with E-state index < -0.39 is 78.9 Å². The second-order valence-electron chi connectivity index (χ2n) is 30.8. The van der Waals surface area contributed by atoms with Crippen molar-refractivity contribution >= 4 is 47.0 Å². The minimum Gasteiger partial charge on any atom is -0.383 e. The van der Waals surface area contributed by atoms with Gasteiger partial charge in [0, 0.05) is 97.9 Å². The lowest BCUT2D eigenvalue weighted by Gasteiger charge is -2.59. The predicted octanol–water partition coefficient (Wildman–Crippen LogP) is 3.59. The lowest BCUT2D eigenvalue weighted by Crippen LogP contribution is -2.53. The van der Waals surface area contributed by atoms with Gasteiger partial charge in [0.05, 0.1) is 78.1 Å². The molecule has 10 rings (SSSR count). The van der Waals surface area contributed by atoms with E-state index in [0.717, 1.165) is 77.0 Å². The number of carbonyl (C=O) groups excluding carboxylic acids is 8. The number of carbonyl (C=O) groups is 8. The summed E-state index contributed by atoms with van der Waals surface area (Å²) in [6.45, 7) is 8.24. The van der Waals surface area contributed by atoms with Crippen molar-refractivity contribution in [2.24, 2.45) is 62.9 Å². The Bertz CT molecular complexity index is 3320. The minimum absolute atomic E-state index is 0.0106. The van der Waals surface area contributed by atoms with E-state index >= 15 is 0 Å². The molecule has 99 heavy (non-hydrogen) atoms. The number of ether oxygens (including phenoxy) is 4. The number of aliphatic hydroxyl groups is 2. The smallest absolute Gasteiger partial charge is 0.242 e. The average molecular weight is 1380 g/mol. The molecule has 0 aliphatic heterocycles. The Balaban J connectivity index is 0.772. The van der Waals surface area contributed by atoms with Crippen LogP contribution < -0.4 is 11.1 Å². The maximum absolute atomic E-state index is 14.9. The summed E-state index contributed by atoms with van der Waals surface area (Å²) in [5.41, 5.74) is 6.07. The topological polar surface area (TPSA) is 330 Å². The van der Waals surface area contributed by atoms with Crippen molar-refractivity contribution in [3.8, 4) is 0 Å². The molecule has 0 spiro atoms. The van der Waals surface area contributed by atoms with Crippen LogP contribution in [0.4, 0.5) is 0 Å². The Kier molecular flexibility index (Phi) is 24.3. The van der Waals surface area contributed by atoms with E-state index in [4.69, 9.17) is 24.7 Å². The summed E-state index contributed by atoms with van der Waals surface area (Å²) >= 11 is 0. The lowest BCUT2D eigenvalue weighted by molar-refractivity contribution is -0.148. The van der Waals surface area contributed by atoms with Crippen molar-refractivity contribution in [2.75, 3.05) is 133 Å². The first-order chi connectivity index (χ1) is 47.3. The zero-order chi connectivity index (χ0) is 71.1. The van der Waals surface area contributed by atoms with Crippen LogP contribution in [0.25, 0.3) is 0 Å². The van der Waals surface area contributed by atoms with Crippen LogP contribution in [-0.4, -0.2) is 245 Å². The lowest BCUT2D eigenvalue weighted by atomic mass is 9.46. The number of nitrogens with two attached hydrogens (primary N) is 1. The van der Waals surface area contributed by atoms with Gasteiger partial charge in [0.2, 0.25) is 35.4 Å². The monoisotopic (exact) mass is 1380 g/mol. The second kappa shape index (κ2) is 31.9. The van der Waals surface area contributed by atoms with Crippen molar-refractivity contribution in [2.45, 2.75) is 168 Å².